The van der Waals surface area contributed by atoms with Gasteiger partial charge in [-0.1, -0.05) is 42.5 Å². The van der Waals surface area contributed by atoms with Crippen molar-refractivity contribution in [1.29, 1.82) is 0 Å². The van der Waals surface area contributed by atoms with Gasteiger partial charge in [0.2, 0.25) is 12.2 Å². The minimum Gasteiger partial charge on any atom is -0.459 e. The molecule has 8 heteroatoms. The van der Waals surface area contributed by atoms with Gasteiger partial charge in [-0.3, -0.25) is 9.59 Å². The first kappa shape index (κ1) is 27.2. The van der Waals surface area contributed by atoms with Crippen LogP contribution >= 0.6 is 0 Å². The number of para-hydroxylation sites is 2. The molecule has 1 heterocycles. The van der Waals surface area contributed by atoms with Crippen LogP contribution in [0.5, 0.6) is 0 Å². The van der Waals surface area contributed by atoms with E-state index in [0.29, 0.717) is 56.6 Å². The molecule has 3 unspecified atom stereocenters. The zero-order chi connectivity index (χ0) is 25.8. The molecule has 2 amide bonds. The number of aliphatic hydroxyl groups is 1. The molecule has 1 aliphatic rings. The Balaban J connectivity index is 1.55. The molecular weight excluding hydrogens is 458 g/mol. The first-order valence-corrected chi connectivity index (χ1v) is 12.6. The number of rotatable bonds is 13. The summed E-state index contributed by atoms with van der Waals surface area (Å²) >= 11 is 0. The number of amides is 2. The molecule has 5 N–H and O–H groups in total. The van der Waals surface area contributed by atoms with Gasteiger partial charge in [0, 0.05) is 38.0 Å². The average molecular weight is 496 g/mol. The molecule has 0 radical (unpaired) electrons. The second kappa shape index (κ2) is 14.3. The number of allylic oxidation sites excluding steroid dienone is 1. The molecule has 0 bridgehead atoms. The van der Waals surface area contributed by atoms with Crippen molar-refractivity contribution < 1.29 is 24.2 Å². The topological polar surface area (TPSA) is 123 Å². The standard InChI is InChI=1S/C28H37N3O5/c1-2-35-28-21(13-10-18-32)22(20-11-4-3-5-12-20)19-25(36-28)27(34)30-17-9-8-16-26(33)31-24-15-7-6-14-23(24)29/h3-7,11-12,14-15,19,21-22,28,32H,2,8-10,13,16-18,29H2,1H3,(H,30,34)(H,31,33). The molecule has 0 spiro atoms. The predicted octanol–water partition coefficient (Wildman–Crippen LogP) is 3.94. The van der Waals surface area contributed by atoms with Gasteiger partial charge in [0.1, 0.15) is 0 Å². The number of nitrogens with two attached hydrogens (primary N) is 1. The molecule has 3 atom stereocenters. The van der Waals surface area contributed by atoms with Crippen LogP contribution in [0.15, 0.2) is 66.4 Å². The molecule has 2 aromatic carbocycles. The number of nitrogen functional groups attached to an aromatic ring is 1. The van der Waals surface area contributed by atoms with E-state index in [1.807, 2.05) is 55.5 Å². The summed E-state index contributed by atoms with van der Waals surface area (Å²) in [6.45, 7) is 2.85. The number of ether oxygens (including phenoxy) is 2. The molecule has 0 aromatic heterocycles. The Kier molecular flexibility index (Phi) is 10.8. The predicted molar refractivity (Wildman–Crippen MR) is 140 cm³/mol. The van der Waals surface area contributed by atoms with E-state index >= 15 is 0 Å². The second-order valence-electron chi connectivity index (χ2n) is 8.79. The number of benzene rings is 2. The maximum absolute atomic E-state index is 12.9. The van der Waals surface area contributed by atoms with E-state index in [1.165, 1.54) is 0 Å². The molecular formula is C28H37N3O5. The first-order chi connectivity index (χ1) is 17.5. The van der Waals surface area contributed by atoms with Crippen molar-refractivity contribution in [2.75, 3.05) is 30.8 Å². The van der Waals surface area contributed by atoms with Crippen LogP contribution in [-0.2, 0) is 19.1 Å². The van der Waals surface area contributed by atoms with Crippen molar-refractivity contribution >= 4 is 23.2 Å². The lowest BCUT2D eigenvalue weighted by Gasteiger charge is -2.37. The molecule has 0 fully saturated rings. The summed E-state index contributed by atoms with van der Waals surface area (Å²) in [7, 11) is 0. The van der Waals surface area contributed by atoms with E-state index in [1.54, 1.807) is 12.1 Å². The SMILES string of the molecule is CCOC1OC(C(=O)NCCCCC(=O)Nc2ccccc2N)=CC(c2ccccc2)C1CCCO. The number of carbonyl (C=O) groups excluding carboxylic acids is 2. The molecule has 3 rings (SSSR count). The van der Waals surface area contributed by atoms with Crippen LogP contribution in [0.25, 0.3) is 0 Å². The van der Waals surface area contributed by atoms with Gasteiger partial charge in [-0.05, 0) is 56.4 Å². The highest BCUT2D eigenvalue weighted by Crippen LogP contribution is 2.39. The Morgan fingerprint density at radius 1 is 1.06 bits per heavy atom. The number of hydrogen-bond acceptors (Lipinski definition) is 6. The highest BCUT2D eigenvalue weighted by Gasteiger charge is 2.37. The van der Waals surface area contributed by atoms with Crippen molar-refractivity contribution in [2.24, 2.45) is 5.92 Å². The van der Waals surface area contributed by atoms with Crippen molar-refractivity contribution in [3.63, 3.8) is 0 Å². The van der Waals surface area contributed by atoms with E-state index in [0.717, 1.165) is 5.56 Å². The molecule has 2 aromatic rings. The van der Waals surface area contributed by atoms with Crippen LogP contribution in [0, 0.1) is 5.92 Å². The Hall–Kier alpha value is -3.36. The number of aliphatic hydroxyl groups excluding tert-OH is 1. The average Bonchev–Trinajstić information content (AvgIpc) is 2.89. The Morgan fingerprint density at radius 3 is 2.53 bits per heavy atom. The van der Waals surface area contributed by atoms with E-state index < -0.39 is 6.29 Å². The quantitative estimate of drug-likeness (QED) is 0.247. The third kappa shape index (κ3) is 7.83. The zero-order valence-electron chi connectivity index (χ0n) is 20.8. The van der Waals surface area contributed by atoms with Crippen LogP contribution in [0.3, 0.4) is 0 Å². The summed E-state index contributed by atoms with van der Waals surface area (Å²) < 4.78 is 11.9. The van der Waals surface area contributed by atoms with Gasteiger partial charge >= 0.3 is 0 Å². The largest absolute Gasteiger partial charge is 0.459 e. The number of hydrogen-bond donors (Lipinski definition) is 4. The number of carbonyl (C=O) groups is 2. The first-order valence-electron chi connectivity index (χ1n) is 12.6. The third-order valence-electron chi connectivity index (χ3n) is 6.17. The van der Waals surface area contributed by atoms with Crippen molar-refractivity contribution in [3.05, 3.63) is 72.0 Å². The van der Waals surface area contributed by atoms with Gasteiger partial charge in [0.25, 0.3) is 5.91 Å². The molecule has 1 aliphatic heterocycles. The van der Waals surface area contributed by atoms with Crippen LogP contribution in [0.1, 0.15) is 50.5 Å². The number of nitrogens with one attached hydrogen (secondary N) is 2. The molecule has 194 valence electrons. The van der Waals surface area contributed by atoms with Crippen molar-refractivity contribution in [3.8, 4) is 0 Å². The van der Waals surface area contributed by atoms with Crippen LogP contribution in [-0.4, -0.2) is 43.0 Å². The smallest absolute Gasteiger partial charge is 0.286 e. The fourth-order valence-electron chi connectivity index (χ4n) is 4.34. The fraction of sp³-hybridized carbons (Fsp3) is 0.429. The normalized spacial score (nSPS) is 19.2. The minimum absolute atomic E-state index is 0.0202. The van der Waals surface area contributed by atoms with Crippen LogP contribution < -0.4 is 16.4 Å². The summed E-state index contributed by atoms with van der Waals surface area (Å²) in [5.74, 6) is -0.273. The van der Waals surface area contributed by atoms with Gasteiger partial charge in [0.15, 0.2) is 5.76 Å². The van der Waals surface area contributed by atoms with Crippen molar-refractivity contribution in [2.45, 2.75) is 51.2 Å². The molecule has 8 nitrogen and oxygen atoms in total. The Labute approximate surface area is 212 Å². The number of unbranched alkanes of at least 4 members (excludes halogenated alkanes) is 1. The summed E-state index contributed by atoms with van der Waals surface area (Å²) in [5, 5.41) is 15.1. The maximum atomic E-state index is 12.9. The minimum atomic E-state index is -0.577. The lowest BCUT2D eigenvalue weighted by molar-refractivity contribution is -0.166. The highest BCUT2D eigenvalue weighted by atomic mass is 16.7. The second-order valence-corrected chi connectivity index (χ2v) is 8.79. The van der Waals surface area contributed by atoms with E-state index in [4.69, 9.17) is 15.2 Å². The summed E-state index contributed by atoms with van der Waals surface area (Å²) in [4.78, 5) is 25.1. The van der Waals surface area contributed by atoms with Gasteiger partial charge in [-0.2, -0.15) is 0 Å². The Morgan fingerprint density at radius 2 is 1.81 bits per heavy atom. The lowest BCUT2D eigenvalue weighted by Crippen LogP contribution is -2.39. The van der Waals surface area contributed by atoms with E-state index in [-0.39, 0.29) is 36.0 Å². The highest BCUT2D eigenvalue weighted by molar-refractivity contribution is 5.93. The Bertz CT molecular complexity index is 1010. The van der Waals surface area contributed by atoms with Crippen molar-refractivity contribution in [1.82, 2.24) is 5.32 Å². The van der Waals surface area contributed by atoms with Gasteiger partial charge in [-0.15, -0.1) is 0 Å². The fourth-order valence-corrected chi connectivity index (χ4v) is 4.34. The number of anilines is 2. The van der Waals surface area contributed by atoms with Gasteiger partial charge in [0.05, 0.1) is 11.4 Å². The third-order valence-corrected chi connectivity index (χ3v) is 6.17. The van der Waals surface area contributed by atoms with Gasteiger partial charge < -0.3 is 30.9 Å². The summed E-state index contributed by atoms with van der Waals surface area (Å²) in [6, 6.07) is 17.1. The maximum Gasteiger partial charge on any atom is 0.286 e. The van der Waals surface area contributed by atoms with Crippen LogP contribution in [0.4, 0.5) is 11.4 Å². The molecule has 0 aliphatic carbocycles. The van der Waals surface area contributed by atoms with E-state index in [9.17, 15) is 14.7 Å². The van der Waals surface area contributed by atoms with Gasteiger partial charge in [-0.25, -0.2) is 0 Å². The molecule has 0 saturated heterocycles. The monoisotopic (exact) mass is 495 g/mol. The molecule has 0 saturated carbocycles. The zero-order valence-corrected chi connectivity index (χ0v) is 20.8. The molecule has 36 heavy (non-hydrogen) atoms. The van der Waals surface area contributed by atoms with E-state index in [2.05, 4.69) is 10.6 Å². The lowest BCUT2D eigenvalue weighted by atomic mass is 9.80. The summed E-state index contributed by atoms with van der Waals surface area (Å²) in [6.07, 6.45) is 4.22. The van der Waals surface area contributed by atoms with Crippen LogP contribution in [0.2, 0.25) is 0 Å². The summed E-state index contributed by atoms with van der Waals surface area (Å²) in [5.41, 5.74) is 8.06.